The van der Waals surface area contributed by atoms with Crippen molar-refractivity contribution in [2.24, 2.45) is 5.92 Å². The van der Waals surface area contributed by atoms with Gasteiger partial charge >= 0.3 is 0 Å². The Balaban J connectivity index is 2.03. The zero-order valence-electron chi connectivity index (χ0n) is 22.8. The number of hydrogen-bond donors (Lipinski definition) is 1. The fourth-order valence-corrected chi connectivity index (χ4v) is 5.58. The Hall–Kier alpha value is -3.72. The Morgan fingerprint density at radius 2 is 1.54 bits per heavy atom. The average molecular weight is 554 g/mol. The van der Waals surface area contributed by atoms with E-state index in [1.54, 1.807) is 30.3 Å². The number of halogens is 1. The number of rotatable bonds is 12. The fraction of sp³-hybridized carbons (Fsp3) is 0.333. The van der Waals surface area contributed by atoms with Crippen LogP contribution in [0.4, 0.5) is 10.1 Å². The molecule has 7 nitrogen and oxygen atoms in total. The summed E-state index contributed by atoms with van der Waals surface area (Å²) >= 11 is 0. The minimum Gasteiger partial charge on any atom is -0.354 e. The average Bonchev–Trinajstić information content (AvgIpc) is 2.92. The lowest BCUT2D eigenvalue weighted by Gasteiger charge is -2.33. The maximum Gasteiger partial charge on any atom is 0.264 e. The molecule has 0 unspecified atom stereocenters. The van der Waals surface area contributed by atoms with Crippen LogP contribution in [-0.4, -0.2) is 44.3 Å². The molecule has 0 spiro atoms. The highest BCUT2D eigenvalue weighted by Crippen LogP contribution is 2.25. The van der Waals surface area contributed by atoms with E-state index in [9.17, 15) is 22.4 Å². The number of hydrogen-bond acceptors (Lipinski definition) is 4. The number of nitrogens with one attached hydrogen (secondary N) is 1. The van der Waals surface area contributed by atoms with E-state index < -0.39 is 34.3 Å². The lowest BCUT2D eigenvalue weighted by molar-refractivity contribution is -0.140. The largest absolute Gasteiger partial charge is 0.354 e. The summed E-state index contributed by atoms with van der Waals surface area (Å²) in [6, 6.07) is 19.5. The fourth-order valence-electron chi connectivity index (χ4n) is 4.17. The molecule has 0 heterocycles. The standard InChI is InChI=1S/C30H36FN3O4S/c1-5-28(30(36)32-19-22(2)3)33(20-24-12-10-9-11-23(24)4)29(35)21-34(26-13-7-6-8-14-26)39(37,38)27-17-15-25(31)16-18-27/h6-18,22,28H,5,19-21H2,1-4H3,(H,32,36)/t28-/m0/s1. The molecule has 0 aromatic heterocycles. The third-order valence-corrected chi connectivity index (χ3v) is 8.19. The van der Waals surface area contributed by atoms with Crippen molar-refractivity contribution < 1.29 is 22.4 Å². The van der Waals surface area contributed by atoms with Crippen molar-refractivity contribution in [1.29, 1.82) is 0 Å². The summed E-state index contributed by atoms with van der Waals surface area (Å²) in [6.45, 7) is 7.76. The topological polar surface area (TPSA) is 86.8 Å². The molecule has 39 heavy (non-hydrogen) atoms. The maximum absolute atomic E-state index is 14.0. The van der Waals surface area contributed by atoms with Crippen molar-refractivity contribution in [3.63, 3.8) is 0 Å². The number of nitrogens with zero attached hydrogens (tertiary/aromatic N) is 2. The van der Waals surface area contributed by atoms with Gasteiger partial charge in [0.05, 0.1) is 10.6 Å². The molecule has 0 fully saturated rings. The summed E-state index contributed by atoms with van der Waals surface area (Å²) in [5.41, 5.74) is 2.09. The SMILES string of the molecule is CC[C@@H](C(=O)NCC(C)C)N(Cc1ccccc1C)C(=O)CN(c1ccccc1)S(=O)(=O)c1ccc(F)cc1. The van der Waals surface area contributed by atoms with Crippen LogP contribution in [0.15, 0.2) is 83.8 Å². The number of benzene rings is 3. The number of carbonyl (C=O) groups excluding carboxylic acids is 2. The number of anilines is 1. The molecule has 0 radical (unpaired) electrons. The van der Waals surface area contributed by atoms with E-state index in [4.69, 9.17) is 0 Å². The second kappa shape index (κ2) is 13.4. The number of para-hydroxylation sites is 1. The molecule has 0 aliphatic carbocycles. The summed E-state index contributed by atoms with van der Waals surface area (Å²) in [5, 5.41) is 2.92. The van der Waals surface area contributed by atoms with E-state index in [1.807, 2.05) is 52.0 Å². The molecule has 9 heteroatoms. The molecular formula is C30H36FN3O4S. The summed E-state index contributed by atoms with van der Waals surface area (Å²) in [6.07, 6.45) is 0.345. The van der Waals surface area contributed by atoms with Crippen LogP contribution >= 0.6 is 0 Å². The van der Waals surface area contributed by atoms with Crippen molar-refractivity contribution in [2.45, 2.75) is 51.6 Å². The first kappa shape index (κ1) is 29.8. The molecule has 208 valence electrons. The molecule has 3 aromatic rings. The Labute approximate surface area is 230 Å². The van der Waals surface area contributed by atoms with Gasteiger partial charge in [0.15, 0.2) is 0 Å². The van der Waals surface area contributed by atoms with Gasteiger partial charge in [0.25, 0.3) is 10.0 Å². The lowest BCUT2D eigenvalue weighted by atomic mass is 10.1. The van der Waals surface area contributed by atoms with E-state index in [0.717, 1.165) is 27.6 Å². The third-order valence-electron chi connectivity index (χ3n) is 6.40. The van der Waals surface area contributed by atoms with Crippen LogP contribution < -0.4 is 9.62 Å². The van der Waals surface area contributed by atoms with Gasteiger partial charge in [-0.25, -0.2) is 12.8 Å². The molecule has 3 aromatic carbocycles. The van der Waals surface area contributed by atoms with Crippen LogP contribution in [0, 0.1) is 18.7 Å². The summed E-state index contributed by atoms with van der Waals surface area (Å²) in [5.74, 6) is -1.17. The predicted molar refractivity (Wildman–Crippen MR) is 151 cm³/mol. The number of sulfonamides is 1. The van der Waals surface area contributed by atoms with E-state index >= 15 is 0 Å². The van der Waals surface area contributed by atoms with Gasteiger partial charge in [-0.15, -0.1) is 0 Å². The van der Waals surface area contributed by atoms with Crippen LogP contribution in [0.3, 0.4) is 0 Å². The number of aryl methyl sites for hydroxylation is 1. The van der Waals surface area contributed by atoms with Crippen LogP contribution in [0.25, 0.3) is 0 Å². The summed E-state index contributed by atoms with van der Waals surface area (Å²) in [7, 11) is -4.24. The quantitative estimate of drug-likeness (QED) is 0.345. The van der Waals surface area contributed by atoms with Gasteiger partial charge in [-0.05, 0) is 66.8 Å². The lowest BCUT2D eigenvalue weighted by Crippen LogP contribution is -2.52. The first-order chi connectivity index (χ1) is 18.5. The minimum absolute atomic E-state index is 0.137. The van der Waals surface area contributed by atoms with E-state index in [0.29, 0.717) is 13.0 Å². The van der Waals surface area contributed by atoms with E-state index in [2.05, 4.69) is 5.32 Å². The minimum atomic E-state index is -4.24. The summed E-state index contributed by atoms with van der Waals surface area (Å²) < 4.78 is 42.0. The molecule has 0 bridgehead atoms. The van der Waals surface area contributed by atoms with Gasteiger partial charge < -0.3 is 10.2 Å². The molecule has 0 saturated heterocycles. The van der Waals surface area contributed by atoms with E-state index in [1.165, 1.54) is 17.0 Å². The third kappa shape index (κ3) is 7.66. The molecule has 0 saturated carbocycles. The van der Waals surface area contributed by atoms with Crippen molar-refractivity contribution in [3.8, 4) is 0 Å². The van der Waals surface area contributed by atoms with E-state index in [-0.39, 0.29) is 29.0 Å². The van der Waals surface area contributed by atoms with Crippen molar-refractivity contribution >= 4 is 27.5 Å². The van der Waals surface area contributed by atoms with Crippen molar-refractivity contribution in [2.75, 3.05) is 17.4 Å². The Bertz CT molecular complexity index is 1360. The molecule has 1 N–H and O–H groups in total. The number of carbonyl (C=O) groups is 2. The monoisotopic (exact) mass is 553 g/mol. The zero-order chi connectivity index (χ0) is 28.6. The van der Waals surface area contributed by atoms with Gasteiger partial charge in [0, 0.05) is 13.1 Å². The number of amides is 2. The van der Waals surface area contributed by atoms with Crippen LogP contribution in [0.5, 0.6) is 0 Å². The highest BCUT2D eigenvalue weighted by atomic mass is 32.2. The Morgan fingerprint density at radius 3 is 2.13 bits per heavy atom. The van der Waals surface area contributed by atoms with Gasteiger partial charge in [-0.1, -0.05) is 63.2 Å². The first-order valence-electron chi connectivity index (χ1n) is 13.0. The van der Waals surface area contributed by atoms with Crippen molar-refractivity contribution in [1.82, 2.24) is 10.2 Å². The van der Waals surface area contributed by atoms with Crippen LogP contribution in [-0.2, 0) is 26.2 Å². The normalized spacial score (nSPS) is 12.2. The van der Waals surface area contributed by atoms with Gasteiger partial charge in [0.1, 0.15) is 18.4 Å². The Kier molecular flexibility index (Phi) is 10.2. The molecule has 2 amide bonds. The molecular weight excluding hydrogens is 517 g/mol. The van der Waals surface area contributed by atoms with Crippen molar-refractivity contribution in [3.05, 3.63) is 95.8 Å². The van der Waals surface area contributed by atoms with Crippen LogP contribution in [0.1, 0.15) is 38.3 Å². The van der Waals surface area contributed by atoms with Crippen LogP contribution in [0.2, 0.25) is 0 Å². The molecule has 1 atom stereocenters. The highest BCUT2D eigenvalue weighted by Gasteiger charge is 2.33. The highest BCUT2D eigenvalue weighted by molar-refractivity contribution is 7.92. The maximum atomic E-state index is 14.0. The summed E-state index contributed by atoms with van der Waals surface area (Å²) in [4.78, 5) is 28.5. The molecule has 0 aliphatic rings. The molecule has 3 rings (SSSR count). The predicted octanol–water partition coefficient (Wildman–Crippen LogP) is 4.91. The van der Waals surface area contributed by atoms with Gasteiger partial charge in [-0.2, -0.15) is 0 Å². The second-order valence-corrected chi connectivity index (χ2v) is 11.7. The smallest absolute Gasteiger partial charge is 0.264 e. The first-order valence-corrected chi connectivity index (χ1v) is 14.4. The molecule has 0 aliphatic heterocycles. The zero-order valence-corrected chi connectivity index (χ0v) is 23.6. The Morgan fingerprint density at radius 1 is 0.923 bits per heavy atom. The van der Waals surface area contributed by atoms with Gasteiger partial charge in [-0.3, -0.25) is 13.9 Å². The van der Waals surface area contributed by atoms with Gasteiger partial charge in [0.2, 0.25) is 11.8 Å². The second-order valence-electron chi connectivity index (χ2n) is 9.81.